The number of carboxylic acids is 1. The third kappa shape index (κ3) is 5.81. The second kappa shape index (κ2) is 11.1. The first kappa shape index (κ1) is 28.2. The molecule has 3 atom stereocenters. The first-order valence-electron chi connectivity index (χ1n) is 13.3. The number of carboxylic acid groups (broad SMARTS) is 1. The fraction of sp³-hybridized carbons (Fsp3) is 0.419. The van der Waals surface area contributed by atoms with Crippen molar-refractivity contribution < 1.29 is 34.8 Å². The number of phenols is 2. The zero-order chi connectivity index (χ0) is 28.5. The Morgan fingerprint density at radius 1 is 1.13 bits per heavy atom. The smallest absolute Gasteiger partial charge is 0.331 e. The molecule has 2 aromatic carbocycles. The lowest BCUT2D eigenvalue weighted by Crippen LogP contribution is -2.49. The number of allylic oxidation sites excluding steroid dienone is 4. The Labute approximate surface area is 228 Å². The van der Waals surface area contributed by atoms with Gasteiger partial charge in [-0.25, -0.2) is 4.79 Å². The van der Waals surface area contributed by atoms with E-state index in [9.17, 15) is 30.0 Å². The van der Waals surface area contributed by atoms with Crippen molar-refractivity contribution in [3.8, 4) is 17.2 Å². The van der Waals surface area contributed by atoms with E-state index in [0.717, 1.165) is 12.8 Å². The molecule has 0 aliphatic carbocycles. The number of ether oxygens (including phenoxy) is 1. The molecule has 8 nitrogen and oxygen atoms in total. The highest BCUT2D eigenvalue weighted by molar-refractivity contribution is 6.02. The minimum Gasteiger partial charge on any atom is -0.508 e. The first-order chi connectivity index (χ1) is 18.4. The summed E-state index contributed by atoms with van der Waals surface area (Å²) in [6.45, 7) is 8.05. The van der Waals surface area contributed by atoms with Crippen molar-refractivity contribution >= 4 is 11.9 Å². The Balaban J connectivity index is 1.59. The van der Waals surface area contributed by atoms with Gasteiger partial charge in [0.1, 0.15) is 22.8 Å². The maximum absolute atomic E-state index is 13.4. The number of hydrogen-bond donors (Lipinski definition) is 4. The van der Waals surface area contributed by atoms with Crippen LogP contribution in [-0.4, -0.2) is 48.9 Å². The Morgan fingerprint density at radius 2 is 1.82 bits per heavy atom. The van der Waals surface area contributed by atoms with Crippen LogP contribution in [0.2, 0.25) is 0 Å². The van der Waals surface area contributed by atoms with Crippen molar-refractivity contribution in [3.05, 3.63) is 75.9 Å². The summed E-state index contributed by atoms with van der Waals surface area (Å²) in [6.07, 6.45) is 6.80. The minimum absolute atomic E-state index is 0.0120. The number of aliphatic carboxylic acids is 1. The maximum Gasteiger partial charge on any atom is 0.331 e. The number of hydrogen-bond acceptors (Lipinski definition) is 6. The fourth-order valence-corrected chi connectivity index (χ4v) is 5.34. The van der Waals surface area contributed by atoms with Crippen molar-refractivity contribution in [2.24, 2.45) is 0 Å². The van der Waals surface area contributed by atoms with Gasteiger partial charge in [0.05, 0.1) is 18.2 Å². The molecule has 3 unspecified atom stereocenters. The number of carbonyl (C=O) groups excluding carboxylic acids is 1. The van der Waals surface area contributed by atoms with Crippen LogP contribution in [0.15, 0.2) is 53.6 Å². The summed E-state index contributed by atoms with van der Waals surface area (Å²) in [5.74, 6) is -1.58. The predicted octanol–water partition coefficient (Wildman–Crippen LogP) is 5.41. The van der Waals surface area contributed by atoms with E-state index in [2.05, 4.69) is 32.9 Å². The molecule has 0 radical (unpaired) electrons. The van der Waals surface area contributed by atoms with Crippen LogP contribution in [0.5, 0.6) is 17.2 Å². The number of phenolic OH excluding ortho intramolecular Hbond substituents is 2. The molecule has 2 aliphatic rings. The Morgan fingerprint density at radius 3 is 2.46 bits per heavy atom. The van der Waals surface area contributed by atoms with Crippen molar-refractivity contribution in [2.75, 3.05) is 0 Å². The lowest BCUT2D eigenvalue weighted by molar-refractivity contribution is -0.142. The van der Waals surface area contributed by atoms with Crippen LogP contribution in [0, 0.1) is 0 Å². The quantitative estimate of drug-likeness (QED) is 0.316. The van der Waals surface area contributed by atoms with Gasteiger partial charge in [-0.3, -0.25) is 4.79 Å². The normalized spacial score (nSPS) is 21.2. The van der Waals surface area contributed by atoms with Crippen molar-refractivity contribution in [1.29, 1.82) is 0 Å². The minimum atomic E-state index is -1.29. The standard InChI is InChI=1S/C31H37NO7/c1-18(2)7-5-8-19(3)9-6-14-31(4)26(35)16-23-25(34)15-22-24(28(23)39-31)17-32(29(22)36)27(30(37)38)20-10-12-21(33)13-11-20/h7,9-13,15,26-27,33-35H,5-6,8,14,16-17H2,1-4H3,(H,37,38)/b19-9+. The van der Waals surface area contributed by atoms with E-state index >= 15 is 0 Å². The number of benzene rings is 2. The van der Waals surface area contributed by atoms with E-state index in [1.54, 1.807) is 0 Å². The summed E-state index contributed by atoms with van der Waals surface area (Å²) in [5, 5.41) is 41.4. The Kier molecular flexibility index (Phi) is 8.07. The topological polar surface area (TPSA) is 128 Å². The van der Waals surface area contributed by atoms with Gasteiger partial charge in [-0.15, -0.1) is 0 Å². The molecule has 0 bridgehead atoms. The maximum atomic E-state index is 13.4. The van der Waals surface area contributed by atoms with Gasteiger partial charge in [0.15, 0.2) is 6.04 Å². The summed E-state index contributed by atoms with van der Waals surface area (Å²) >= 11 is 0. The highest BCUT2D eigenvalue weighted by Crippen LogP contribution is 2.47. The van der Waals surface area contributed by atoms with Gasteiger partial charge in [-0.05, 0) is 77.1 Å². The fourth-order valence-electron chi connectivity index (χ4n) is 5.34. The van der Waals surface area contributed by atoms with Gasteiger partial charge in [-0.2, -0.15) is 0 Å². The molecule has 0 aromatic heterocycles. The third-order valence-electron chi connectivity index (χ3n) is 7.70. The monoisotopic (exact) mass is 535 g/mol. The summed E-state index contributed by atoms with van der Waals surface area (Å²) < 4.78 is 6.40. The summed E-state index contributed by atoms with van der Waals surface area (Å²) in [7, 11) is 0. The van der Waals surface area contributed by atoms with Gasteiger partial charge >= 0.3 is 5.97 Å². The summed E-state index contributed by atoms with van der Waals surface area (Å²) in [5.41, 5.74) is 3.04. The largest absolute Gasteiger partial charge is 0.508 e. The second-order valence-corrected chi connectivity index (χ2v) is 11.0. The van der Waals surface area contributed by atoms with E-state index in [0.29, 0.717) is 35.3 Å². The number of nitrogens with zero attached hydrogens (tertiary/aromatic N) is 1. The third-order valence-corrected chi connectivity index (χ3v) is 7.70. The van der Waals surface area contributed by atoms with Crippen molar-refractivity contribution in [2.45, 2.75) is 84.1 Å². The molecule has 39 heavy (non-hydrogen) atoms. The molecular formula is C31H37NO7. The number of carbonyl (C=O) groups is 2. The summed E-state index contributed by atoms with van der Waals surface area (Å²) in [6, 6.07) is 5.74. The van der Waals surface area contributed by atoms with Crippen LogP contribution in [0.1, 0.15) is 86.5 Å². The molecule has 0 saturated heterocycles. The molecule has 2 aromatic rings. The van der Waals surface area contributed by atoms with Crippen LogP contribution in [-0.2, 0) is 17.8 Å². The molecule has 8 heteroatoms. The van der Waals surface area contributed by atoms with E-state index in [4.69, 9.17) is 4.74 Å². The number of rotatable bonds is 9. The lowest BCUT2D eigenvalue weighted by Gasteiger charge is -2.41. The van der Waals surface area contributed by atoms with Gasteiger partial charge in [-0.1, -0.05) is 35.4 Å². The molecule has 1 amide bonds. The number of aliphatic hydroxyl groups is 1. The highest BCUT2D eigenvalue weighted by Gasteiger charge is 2.46. The van der Waals surface area contributed by atoms with Gasteiger partial charge in [0.2, 0.25) is 0 Å². The molecule has 0 saturated carbocycles. The molecule has 2 heterocycles. The van der Waals surface area contributed by atoms with E-state index < -0.39 is 29.6 Å². The number of amides is 1. The van der Waals surface area contributed by atoms with Gasteiger partial charge < -0.3 is 30.1 Å². The number of fused-ring (bicyclic) bond motifs is 3. The van der Waals surface area contributed by atoms with Gasteiger partial charge in [0.25, 0.3) is 5.91 Å². The molecule has 4 rings (SSSR count). The highest BCUT2D eigenvalue weighted by atomic mass is 16.5. The molecule has 0 spiro atoms. The van der Waals surface area contributed by atoms with Crippen LogP contribution in [0.25, 0.3) is 0 Å². The second-order valence-electron chi connectivity index (χ2n) is 11.0. The van der Waals surface area contributed by atoms with Gasteiger partial charge in [0, 0.05) is 17.5 Å². The molecule has 0 fully saturated rings. The zero-order valence-corrected chi connectivity index (χ0v) is 22.9. The van der Waals surface area contributed by atoms with E-state index in [1.807, 2.05) is 6.92 Å². The predicted molar refractivity (Wildman–Crippen MR) is 147 cm³/mol. The molecule has 2 aliphatic heterocycles. The molecular weight excluding hydrogens is 498 g/mol. The van der Waals surface area contributed by atoms with E-state index in [-0.39, 0.29) is 30.0 Å². The van der Waals surface area contributed by atoms with Crippen molar-refractivity contribution in [3.63, 3.8) is 0 Å². The Hall–Kier alpha value is -3.78. The molecule has 208 valence electrons. The van der Waals surface area contributed by atoms with Crippen LogP contribution < -0.4 is 4.74 Å². The van der Waals surface area contributed by atoms with E-state index in [1.165, 1.54) is 46.4 Å². The number of aromatic hydroxyl groups is 2. The molecule has 4 N–H and O–H groups in total. The lowest BCUT2D eigenvalue weighted by atomic mass is 9.84. The van der Waals surface area contributed by atoms with Crippen LogP contribution in [0.4, 0.5) is 0 Å². The average molecular weight is 536 g/mol. The van der Waals surface area contributed by atoms with Crippen LogP contribution in [0.3, 0.4) is 0 Å². The first-order valence-corrected chi connectivity index (χ1v) is 13.3. The average Bonchev–Trinajstić information content (AvgIpc) is 3.17. The zero-order valence-electron chi connectivity index (χ0n) is 22.9. The summed E-state index contributed by atoms with van der Waals surface area (Å²) in [4.78, 5) is 26.9. The van der Waals surface area contributed by atoms with Crippen molar-refractivity contribution in [1.82, 2.24) is 4.90 Å². The SMILES string of the molecule is CC(C)=CCC/C(C)=C/CCC1(C)Oc2c(c(O)cc3c2CN(C(C(=O)O)c2ccc(O)cc2)C3=O)CC1O. The van der Waals surface area contributed by atoms with Crippen LogP contribution >= 0.6 is 0 Å². The number of aliphatic hydroxyl groups excluding tert-OH is 1. The Bertz CT molecular complexity index is 1320.